The molecule has 0 aromatic carbocycles. The van der Waals surface area contributed by atoms with Crippen LogP contribution in [0.1, 0.15) is 45.7 Å². The van der Waals surface area contributed by atoms with Gasteiger partial charge in [0, 0.05) is 24.8 Å². The second kappa shape index (κ2) is 6.60. The van der Waals surface area contributed by atoms with E-state index in [1.807, 2.05) is 13.2 Å². The van der Waals surface area contributed by atoms with Crippen LogP contribution in [0.15, 0.2) is 18.3 Å². The van der Waals surface area contributed by atoms with Gasteiger partial charge in [-0.3, -0.25) is 0 Å². The van der Waals surface area contributed by atoms with E-state index < -0.39 is 0 Å². The van der Waals surface area contributed by atoms with Gasteiger partial charge in [-0.25, -0.2) is 4.98 Å². The first-order valence-electron chi connectivity index (χ1n) is 6.50. The van der Waals surface area contributed by atoms with Crippen molar-refractivity contribution in [2.45, 2.75) is 46.2 Å². The lowest BCUT2D eigenvalue weighted by Crippen LogP contribution is -2.32. The molecule has 17 heavy (non-hydrogen) atoms. The highest BCUT2D eigenvalue weighted by Crippen LogP contribution is 2.19. The van der Waals surface area contributed by atoms with E-state index in [0.717, 1.165) is 18.8 Å². The minimum atomic E-state index is 0.368. The molecule has 0 fully saturated rings. The molecule has 96 valence electrons. The number of pyridine rings is 1. The molecule has 0 saturated carbocycles. The van der Waals surface area contributed by atoms with Gasteiger partial charge in [0.1, 0.15) is 5.82 Å². The molecule has 0 spiro atoms. The van der Waals surface area contributed by atoms with Crippen molar-refractivity contribution in [3.05, 3.63) is 23.9 Å². The summed E-state index contributed by atoms with van der Waals surface area (Å²) in [6.45, 7) is 9.85. The molecule has 1 atom stereocenters. The van der Waals surface area contributed by atoms with Crippen molar-refractivity contribution in [3.8, 4) is 0 Å². The summed E-state index contributed by atoms with van der Waals surface area (Å²) in [7, 11) is 1.98. The zero-order chi connectivity index (χ0) is 12.8. The van der Waals surface area contributed by atoms with Crippen molar-refractivity contribution in [2.24, 2.45) is 0 Å². The molecule has 0 bridgehead atoms. The van der Waals surface area contributed by atoms with Gasteiger partial charge >= 0.3 is 0 Å². The minimum absolute atomic E-state index is 0.368. The molecule has 0 aliphatic heterocycles. The number of aromatic nitrogens is 1. The molecule has 1 heterocycles. The van der Waals surface area contributed by atoms with Crippen LogP contribution in [0, 0.1) is 0 Å². The van der Waals surface area contributed by atoms with E-state index in [1.54, 1.807) is 0 Å². The number of hydrogen-bond acceptors (Lipinski definition) is 3. The average molecular weight is 235 g/mol. The number of nitrogens with zero attached hydrogens (tertiary/aromatic N) is 2. The maximum Gasteiger partial charge on any atom is 0.129 e. The summed E-state index contributed by atoms with van der Waals surface area (Å²) < 4.78 is 0. The van der Waals surface area contributed by atoms with Crippen molar-refractivity contribution in [3.63, 3.8) is 0 Å². The standard InChI is InChI=1S/C14H25N3/c1-6-9-17(11(2)3)14-10-13(7-8-16-14)12(4)15-5/h7-8,10-12,15H,6,9H2,1-5H3. The molecule has 0 radical (unpaired) electrons. The van der Waals surface area contributed by atoms with Gasteiger partial charge in [-0.15, -0.1) is 0 Å². The Morgan fingerprint density at radius 2 is 2.06 bits per heavy atom. The lowest BCUT2D eigenvalue weighted by Gasteiger charge is -2.28. The average Bonchev–Trinajstić information content (AvgIpc) is 2.34. The van der Waals surface area contributed by atoms with Crippen LogP contribution in [0.5, 0.6) is 0 Å². The summed E-state index contributed by atoms with van der Waals surface area (Å²) in [6, 6.07) is 5.13. The highest BCUT2D eigenvalue weighted by molar-refractivity contribution is 5.42. The third-order valence-corrected chi connectivity index (χ3v) is 3.08. The molecule has 1 unspecified atom stereocenters. The fourth-order valence-corrected chi connectivity index (χ4v) is 1.91. The quantitative estimate of drug-likeness (QED) is 0.821. The van der Waals surface area contributed by atoms with Crippen LogP contribution < -0.4 is 10.2 Å². The highest BCUT2D eigenvalue weighted by atomic mass is 15.2. The molecule has 3 nitrogen and oxygen atoms in total. The SMILES string of the molecule is CCCN(c1cc(C(C)NC)ccn1)C(C)C. The summed E-state index contributed by atoms with van der Waals surface area (Å²) in [5.41, 5.74) is 1.29. The van der Waals surface area contributed by atoms with Crippen LogP contribution in [0.3, 0.4) is 0 Å². The van der Waals surface area contributed by atoms with Crippen LogP contribution in [0.25, 0.3) is 0 Å². The molecule has 1 N–H and O–H groups in total. The van der Waals surface area contributed by atoms with E-state index in [9.17, 15) is 0 Å². The Morgan fingerprint density at radius 1 is 1.35 bits per heavy atom. The second-order valence-corrected chi connectivity index (χ2v) is 4.74. The molecule has 0 aliphatic rings. The Morgan fingerprint density at radius 3 is 2.59 bits per heavy atom. The van der Waals surface area contributed by atoms with Crippen LogP contribution in [-0.2, 0) is 0 Å². The van der Waals surface area contributed by atoms with Crippen molar-refractivity contribution >= 4 is 5.82 Å². The van der Waals surface area contributed by atoms with E-state index in [4.69, 9.17) is 0 Å². The van der Waals surface area contributed by atoms with Gasteiger partial charge in [-0.05, 0) is 51.9 Å². The molecule has 1 aromatic rings. The summed E-state index contributed by atoms with van der Waals surface area (Å²) in [6.07, 6.45) is 3.05. The first kappa shape index (κ1) is 14.0. The second-order valence-electron chi connectivity index (χ2n) is 4.74. The molecule has 0 amide bonds. The maximum absolute atomic E-state index is 4.49. The van der Waals surface area contributed by atoms with Gasteiger partial charge in [0.25, 0.3) is 0 Å². The first-order valence-corrected chi connectivity index (χ1v) is 6.50. The van der Waals surface area contributed by atoms with Crippen molar-refractivity contribution in [1.82, 2.24) is 10.3 Å². The Bertz CT molecular complexity index is 336. The third-order valence-electron chi connectivity index (χ3n) is 3.08. The van der Waals surface area contributed by atoms with Gasteiger partial charge in [-0.1, -0.05) is 6.92 Å². The van der Waals surface area contributed by atoms with Crippen LogP contribution in [0.4, 0.5) is 5.82 Å². The largest absolute Gasteiger partial charge is 0.354 e. The van der Waals surface area contributed by atoms with Gasteiger partial charge in [0.2, 0.25) is 0 Å². The summed E-state index contributed by atoms with van der Waals surface area (Å²) in [5.74, 6) is 1.08. The summed E-state index contributed by atoms with van der Waals surface area (Å²) in [5, 5.41) is 3.26. The van der Waals surface area contributed by atoms with Crippen molar-refractivity contribution in [2.75, 3.05) is 18.5 Å². The Labute approximate surface area is 105 Å². The predicted molar refractivity (Wildman–Crippen MR) is 74.5 cm³/mol. The van der Waals surface area contributed by atoms with Crippen LogP contribution in [0.2, 0.25) is 0 Å². The Kier molecular flexibility index (Phi) is 5.42. The maximum atomic E-state index is 4.49. The lowest BCUT2D eigenvalue weighted by molar-refractivity contribution is 0.641. The lowest BCUT2D eigenvalue weighted by atomic mass is 10.1. The smallest absolute Gasteiger partial charge is 0.129 e. The molecular formula is C14H25N3. The van der Waals surface area contributed by atoms with Crippen LogP contribution >= 0.6 is 0 Å². The van der Waals surface area contributed by atoms with Crippen LogP contribution in [-0.4, -0.2) is 24.6 Å². The van der Waals surface area contributed by atoms with Crippen molar-refractivity contribution in [1.29, 1.82) is 0 Å². The molecule has 1 rings (SSSR count). The summed E-state index contributed by atoms with van der Waals surface area (Å²) >= 11 is 0. The topological polar surface area (TPSA) is 28.2 Å². The minimum Gasteiger partial charge on any atom is -0.354 e. The Hall–Kier alpha value is -1.09. The van der Waals surface area contributed by atoms with Gasteiger partial charge in [-0.2, -0.15) is 0 Å². The highest BCUT2D eigenvalue weighted by Gasteiger charge is 2.12. The third kappa shape index (κ3) is 3.70. The fraction of sp³-hybridized carbons (Fsp3) is 0.643. The van der Waals surface area contributed by atoms with Crippen molar-refractivity contribution < 1.29 is 0 Å². The van der Waals surface area contributed by atoms with E-state index in [0.29, 0.717) is 12.1 Å². The molecule has 0 aliphatic carbocycles. The monoisotopic (exact) mass is 235 g/mol. The van der Waals surface area contributed by atoms with Gasteiger partial charge < -0.3 is 10.2 Å². The number of nitrogens with one attached hydrogen (secondary N) is 1. The number of anilines is 1. The van der Waals surface area contributed by atoms with Gasteiger partial charge in [0.15, 0.2) is 0 Å². The first-order chi connectivity index (χ1) is 8.10. The zero-order valence-corrected chi connectivity index (χ0v) is 11.7. The Balaban J connectivity index is 2.95. The molecule has 0 saturated heterocycles. The number of hydrogen-bond donors (Lipinski definition) is 1. The zero-order valence-electron chi connectivity index (χ0n) is 11.7. The van der Waals surface area contributed by atoms with E-state index in [1.165, 1.54) is 5.56 Å². The predicted octanol–water partition coefficient (Wildman–Crippen LogP) is 2.99. The van der Waals surface area contributed by atoms with E-state index in [2.05, 4.69) is 55.0 Å². The number of rotatable bonds is 6. The van der Waals surface area contributed by atoms with E-state index >= 15 is 0 Å². The van der Waals surface area contributed by atoms with Gasteiger partial charge in [0.05, 0.1) is 0 Å². The molecule has 1 aromatic heterocycles. The van der Waals surface area contributed by atoms with E-state index in [-0.39, 0.29) is 0 Å². The normalized spacial score (nSPS) is 12.8. The summed E-state index contributed by atoms with van der Waals surface area (Å²) in [4.78, 5) is 6.85. The fourth-order valence-electron chi connectivity index (χ4n) is 1.91. The molecular weight excluding hydrogens is 210 g/mol. The molecule has 3 heteroatoms.